The number of hydrogen-bond donors (Lipinski definition) is 1. The molecule has 1 aliphatic carbocycles. The second kappa shape index (κ2) is 2.90. The van der Waals surface area contributed by atoms with Crippen molar-refractivity contribution in [3.63, 3.8) is 0 Å². The van der Waals surface area contributed by atoms with Crippen LogP contribution in [0.15, 0.2) is 12.2 Å². The minimum atomic E-state index is -0.212. The van der Waals surface area contributed by atoms with Crippen LogP contribution < -0.4 is 5.73 Å². The van der Waals surface area contributed by atoms with Gasteiger partial charge in [-0.1, -0.05) is 12.2 Å². The summed E-state index contributed by atoms with van der Waals surface area (Å²) in [6.07, 6.45) is 6.94. The van der Waals surface area contributed by atoms with E-state index in [2.05, 4.69) is 17.1 Å². The summed E-state index contributed by atoms with van der Waals surface area (Å²) in [6, 6.07) is 0.475. The first kappa shape index (κ1) is 7.80. The molecule has 1 amide bonds. The molecule has 2 heterocycles. The maximum atomic E-state index is 10.7. The van der Waals surface area contributed by atoms with E-state index in [0.29, 0.717) is 18.5 Å². The first-order valence-electron chi connectivity index (χ1n) is 4.46. The topological polar surface area (TPSA) is 46.3 Å². The molecule has 3 nitrogen and oxygen atoms in total. The van der Waals surface area contributed by atoms with Gasteiger partial charge < -0.3 is 5.73 Å². The van der Waals surface area contributed by atoms with Crippen molar-refractivity contribution in [1.29, 1.82) is 0 Å². The third-order valence-corrected chi connectivity index (χ3v) is 2.74. The lowest BCUT2D eigenvalue weighted by Crippen LogP contribution is -2.48. The van der Waals surface area contributed by atoms with Gasteiger partial charge in [0.15, 0.2) is 0 Å². The Hall–Kier alpha value is -0.830. The van der Waals surface area contributed by atoms with E-state index in [1.165, 1.54) is 12.8 Å². The van der Waals surface area contributed by atoms with Crippen LogP contribution in [0.25, 0.3) is 0 Å². The van der Waals surface area contributed by atoms with Gasteiger partial charge in [0.05, 0.1) is 6.54 Å². The van der Waals surface area contributed by atoms with Crippen molar-refractivity contribution in [2.75, 3.05) is 13.1 Å². The van der Waals surface area contributed by atoms with Crippen LogP contribution in [0, 0.1) is 5.92 Å². The Kier molecular flexibility index (Phi) is 1.89. The molecule has 0 saturated carbocycles. The van der Waals surface area contributed by atoms with E-state index in [0.717, 1.165) is 6.54 Å². The normalized spacial score (nSPS) is 34.0. The quantitative estimate of drug-likeness (QED) is 0.592. The summed E-state index contributed by atoms with van der Waals surface area (Å²) in [5.74, 6) is 0.449. The van der Waals surface area contributed by atoms with E-state index < -0.39 is 0 Å². The lowest BCUT2D eigenvalue weighted by Gasteiger charge is -2.40. The zero-order chi connectivity index (χ0) is 8.55. The van der Waals surface area contributed by atoms with Crippen molar-refractivity contribution in [1.82, 2.24) is 4.90 Å². The lowest BCUT2D eigenvalue weighted by molar-refractivity contribution is -0.120. The summed E-state index contributed by atoms with van der Waals surface area (Å²) in [6.45, 7) is 1.44. The third kappa shape index (κ3) is 1.37. The highest BCUT2D eigenvalue weighted by atomic mass is 16.1. The molecule has 66 valence electrons. The Labute approximate surface area is 72.2 Å². The molecule has 3 aliphatic rings. The van der Waals surface area contributed by atoms with Crippen molar-refractivity contribution in [3.05, 3.63) is 12.2 Å². The lowest BCUT2D eigenvalue weighted by atomic mass is 9.86. The summed E-state index contributed by atoms with van der Waals surface area (Å²) in [5.41, 5.74) is 5.15. The largest absolute Gasteiger partial charge is 0.369 e. The summed E-state index contributed by atoms with van der Waals surface area (Å²) < 4.78 is 0. The number of nitrogens with two attached hydrogens (primary N) is 1. The Morgan fingerprint density at radius 3 is 2.75 bits per heavy atom. The van der Waals surface area contributed by atoms with Gasteiger partial charge in [-0.2, -0.15) is 0 Å². The smallest absolute Gasteiger partial charge is 0.231 e. The molecule has 0 aromatic carbocycles. The van der Waals surface area contributed by atoms with Crippen LogP contribution in [0.3, 0.4) is 0 Å². The predicted octanol–water partition coefficient (Wildman–Crippen LogP) is 0.122. The summed E-state index contributed by atoms with van der Waals surface area (Å²) >= 11 is 0. The van der Waals surface area contributed by atoms with Crippen LogP contribution in [0.2, 0.25) is 0 Å². The molecule has 12 heavy (non-hydrogen) atoms. The summed E-state index contributed by atoms with van der Waals surface area (Å²) in [7, 11) is 0. The van der Waals surface area contributed by atoms with Crippen molar-refractivity contribution in [3.8, 4) is 0 Å². The molecule has 1 fully saturated rings. The van der Waals surface area contributed by atoms with Gasteiger partial charge in [-0.15, -0.1) is 0 Å². The first-order valence-corrected chi connectivity index (χ1v) is 4.46. The monoisotopic (exact) mass is 166 g/mol. The molecule has 0 radical (unpaired) electrons. The molecular formula is C9H14N2O. The van der Waals surface area contributed by atoms with E-state index in [1.54, 1.807) is 0 Å². The SMILES string of the molecule is NC(=O)CN1CC2C=CC1CC2. The number of rotatable bonds is 2. The highest BCUT2D eigenvalue weighted by Gasteiger charge is 2.29. The number of nitrogens with zero attached hydrogens (tertiary/aromatic N) is 1. The Morgan fingerprint density at radius 2 is 2.33 bits per heavy atom. The average Bonchev–Trinajstić information content (AvgIpc) is 2.05. The average molecular weight is 166 g/mol. The third-order valence-electron chi connectivity index (χ3n) is 2.74. The van der Waals surface area contributed by atoms with E-state index in [4.69, 9.17) is 5.73 Å². The standard InChI is InChI=1S/C9H14N2O/c10-9(12)6-11-5-7-1-3-8(11)4-2-7/h1,3,7-8H,2,4-6H2,(H2,10,12). The number of hydrogen-bond acceptors (Lipinski definition) is 2. The molecule has 3 rings (SSSR count). The van der Waals surface area contributed by atoms with Crippen LogP contribution in [-0.2, 0) is 4.79 Å². The van der Waals surface area contributed by atoms with Gasteiger partial charge in [0.1, 0.15) is 0 Å². The summed E-state index contributed by atoms with van der Waals surface area (Å²) in [5, 5.41) is 0. The van der Waals surface area contributed by atoms with Gasteiger partial charge in [-0.3, -0.25) is 9.69 Å². The first-order chi connectivity index (χ1) is 5.75. The van der Waals surface area contributed by atoms with Gasteiger partial charge in [-0.05, 0) is 18.8 Å². The molecule has 2 atom stereocenters. The van der Waals surface area contributed by atoms with Crippen molar-refractivity contribution >= 4 is 5.91 Å². The van der Waals surface area contributed by atoms with E-state index >= 15 is 0 Å². The molecule has 1 saturated heterocycles. The molecule has 2 unspecified atom stereocenters. The zero-order valence-corrected chi connectivity index (χ0v) is 7.07. The molecule has 0 spiro atoms. The van der Waals surface area contributed by atoms with Gasteiger partial charge >= 0.3 is 0 Å². The number of carbonyl (C=O) groups excluding carboxylic acids is 1. The molecule has 2 aliphatic heterocycles. The highest BCUT2D eigenvalue weighted by molar-refractivity contribution is 5.76. The minimum Gasteiger partial charge on any atom is -0.369 e. The van der Waals surface area contributed by atoms with Crippen LogP contribution in [0.1, 0.15) is 12.8 Å². The van der Waals surface area contributed by atoms with Crippen LogP contribution >= 0.6 is 0 Å². The second-order valence-electron chi connectivity index (χ2n) is 3.69. The van der Waals surface area contributed by atoms with Crippen LogP contribution in [0.5, 0.6) is 0 Å². The number of fused-ring (bicyclic) bond motifs is 2. The zero-order valence-electron chi connectivity index (χ0n) is 7.07. The fourth-order valence-electron chi connectivity index (χ4n) is 2.14. The van der Waals surface area contributed by atoms with E-state index in [-0.39, 0.29) is 5.91 Å². The molecule has 0 aromatic rings. The Balaban J connectivity index is 2.01. The Morgan fingerprint density at radius 1 is 1.50 bits per heavy atom. The Bertz CT molecular complexity index is 225. The highest BCUT2D eigenvalue weighted by Crippen LogP contribution is 2.28. The minimum absolute atomic E-state index is 0.212. The molecular weight excluding hydrogens is 152 g/mol. The van der Waals surface area contributed by atoms with Gasteiger partial charge in [0.25, 0.3) is 0 Å². The van der Waals surface area contributed by atoms with Crippen molar-refractivity contribution in [2.45, 2.75) is 18.9 Å². The van der Waals surface area contributed by atoms with Gasteiger partial charge in [0, 0.05) is 12.6 Å². The van der Waals surface area contributed by atoms with Gasteiger partial charge in [0.2, 0.25) is 5.91 Å². The maximum Gasteiger partial charge on any atom is 0.231 e. The molecule has 0 aromatic heterocycles. The number of amides is 1. The van der Waals surface area contributed by atoms with E-state index in [1.807, 2.05) is 0 Å². The number of carbonyl (C=O) groups is 1. The van der Waals surface area contributed by atoms with Crippen molar-refractivity contribution < 1.29 is 4.79 Å². The molecule has 2 N–H and O–H groups in total. The molecule has 2 bridgehead atoms. The number of primary amides is 1. The number of piperidine rings is 1. The van der Waals surface area contributed by atoms with E-state index in [9.17, 15) is 4.79 Å². The summed E-state index contributed by atoms with van der Waals surface area (Å²) in [4.78, 5) is 12.9. The van der Waals surface area contributed by atoms with Crippen LogP contribution in [0.4, 0.5) is 0 Å². The predicted molar refractivity (Wildman–Crippen MR) is 46.4 cm³/mol. The second-order valence-corrected chi connectivity index (χ2v) is 3.69. The van der Waals surface area contributed by atoms with Crippen molar-refractivity contribution in [2.24, 2.45) is 11.7 Å². The fourth-order valence-corrected chi connectivity index (χ4v) is 2.14. The fraction of sp³-hybridized carbons (Fsp3) is 0.667. The maximum absolute atomic E-state index is 10.7. The van der Waals surface area contributed by atoms with Crippen LogP contribution in [-0.4, -0.2) is 29.9 Å². The van der Waals surface area contributed by atoms with Gasteiger partial charge in [-0.25, -0.2) is 0 Å². The molecule has 3 heteroatoms.